The molecule has 4 rings (SSSR count). The molecule has 0 unspecified atom stereocenters. The van der Waals surface area contributed by atoms with Crippen molar-refractivity contribution in [1.82, 2.24) is 19.6 Å². The van der Waals surface area contributed by atoms with Gasteiger partial charge in [-0.15, -0.1) is 0 Å². The minimum atomic E-state index is -0.358. The molecule has 1 aliphatic carbocycles. The Morgan fingerprint density at radius 1 is 0.710 bits per heavy atom. The fourth-order valence-corrected chi connectivity index (χ4v) is 4.73. The van der Waals surface area contributed by atoms with Gasteiger partial charge in [0.15, 0.2) is 0 Å². The number of β-amino-alcohol motifs (C(OH)–C–C–N with tert-alkyl or cyclic N) is 1. The first kappa shape index (κ1) is 28.8. The maximum absolute atomic E-state index is 10.3. The van der Waals surface area contributed by atoms with Crippen LogP contribution in [0.3, 0.4) is 0 Å². The molecule has 0 radical (unpaired) electrons. The van der Waals surface area contributed by atoms with E-state index in [1.807, 2.05) is 27.7 Å². The Kier molecular flexibility index (Phi) is 15.2. The van der Waals surface area contributed by atoms with Gasteiger partial charge in [0.2, 0.25) is 0 Å². The van der Waals surface area contributed by atoms with Gasteiger partial charge in [-0.3, -0.25) is 9.80 Å². The zero-order valence-corrected chi connectivity index (χ0v) is 21.7. The summed E-state index contributed by atoms with van der Waals surface area (Å²) in [4.78, 5) is 9.83. The molecule has 3 aliphatic heterocycles. The summed E-state index contributed by atoms with van der Waals surface area (Å²) in [6.45, 7) is 20.4. The quantitative estimate of drug-likeness (QED) is 0.725. The van der Waals surface area contributed by atoms with Crippen molar-refractivity contribution in [2.24, 2.45) is 0 Å². The second kappa shape index (κ2) is 16.4. The molecule has 1 N–H and O–H groups in total. The average molecular weight is 443 g/mol. The standard InChI is InChI=1S/C12H24N2O.C9H18N2O.2C2H6/c1-13-7-4-8-14(10-9-13)11-12(15)5-2-3-6-12;1-10-3-2-4-11(6-5-10)9-7-12-8-9;2*1-2/h15H,2-11H2,1H3;9H,2-8H2,1H3;2*1-2H3. The molecule has 0 atom stereocenters. The lowest BCUT2D eigenvalue weighted by Gasteiger charge is -2.36. The van der Waals surface area contributed by atoms with E-state index in [-0.39, 0.29) is 5.60 Å². The Labute approximate surface area is 193 Å². The fourth-order valence-electron chi connectivity index (χ4n) is 4.73. The number of rotatable bonds is 3. The summed E-state index contributed by atoms with van der Waals surface area (Å²) in [6.07, 6.45) is 7.01. The maximum atomic E-state index is 10.3. The number of aliphatic hydroxyl groups is 1. The molecular formula is C25H54N4O2. The summed E-state index contributed by atoms with van der Waals surface area (Å²) in [5.41, 5.74) is -0.358. The summed E-state index contributed by atoms with van der Waals surface area (Å²) in [6, 6.07) is 0.733. The molecule has 3 saturated heterocycles. The fraction of sp³-hybridized carbons (Fsp3) is 1.00. The average Bonchev–Trinajstić information content (AvgIpc) is 2.92. The highest BCUT2D eigenvalue weighted by atomic mass is 16.5. The molecule has 6 heteroatoms. The van der Waals surface area contributed by atoms with Crippen LogP contribution in [0.2, 0.25) is 0 Å². The van der Waals surface area contributed by atoms with Crippen LogP contribution in [-0.4, -0.2) is 123 Å². The van der Waals surface area contributed by atoms with E-state index in [2.05, 4.69) is 33.7 Å². The lowest BCUT2D eigenvalue weighted by atomic mass is 10.0. The highest BCUT2D eigenvalue weighted by molar-refractivity contribution is 4.88. The van der Waals surface area contributed by atoms with Crippen molar-refractivity contribution >= 4 is 0 Å². The molecule has 4 aliphatic rings. The molecule has 3 heterocycles. The van der Waals surface area contributed by atoms with Gasteiger partial charge in [0.1, 0.15) is 0 Å². The monoisotopic (exact) mass is 442 g/mol. The first-order chi connectivity index (χ1) is 15.0. The third-order valence-corrected chi connectivity index (χ3v) is 6.76. The molecule has 0 aromatic heterocycles. The third-order valence-electron chi connectivity index (χ3n) is 6.76. The molecule has 0 aromatic carbocycles. The predicted octanol–water partition coefficient (Wildman–Crippen LogP) is 3.00. The van der Waals surface area contributed by atoms with Crippen LogP contribution in [0.15, 0.2) is 0 Å². The topological polar surface area (TPSA) is 42.4 Å². The minimum Gasteiger partial charge on any atom is -0.389 e. The molecule has 31 heavy (non-hydrogen) atoms. The van der Waals surface area contributed by atoms with Crippen molar-refractivity contribution in [2.45, 2.75) is 77.9 Å². The van der Waals surface area contributed by atoms with E-state index in [0.717, 1.165) is 58.3 Å². The van der Waals surface area contributed by atoms with Crippen LogP contribution < -0.4 is 0 Å². The Morgan fingerprint density at radius 2 is 1.26 bits per heavy atom. The molecule has 0 spiro atoms. The smallest absolute Gasteiger partial charge is 0.0774 e. The third kappa shape index (κ3) is 11.0. The lowest BCUT2D eigenvalue weighted by molar-refractivity contribution is -0.0632. The number of likely N-dealkylation sites (N-methyl/N-ethyl adjacent to an activating group) is 2. The lowest BCUT2D eigenvalue weighted by Crippen LogP contribution is -2.50. The molecule has 1 saturated carbocycles. The first-order valence-electron chi connectivity index (χ1n) is 13.2. The van der Waals surface area contributed by atoms with Gasteiger partial charge < -0.3 is 19.6 Å². The maximum Gasteiger partial charge on any atom is 0.0774 e. The molecule has 6 nitrogen and oxygen atoms in total. The van der Waals surface area contributed by atoms with Crippen LogP contribution in [0.4, 0.5) is 0 Å². The van der Waals surface area contributed by atoms with Crippen LogP contribution in [0.5, 0.6) is 0 Å². The van der Waals surface area contributed by atoms with Crippen molar-refractivity contribution in [3.05, 3.63) is 0 Å². The van der Waals surface area contributed by atoms with Gasteiger partial charge >= 0.3 is 0 Å². The van der Waals surface area contributed by atoms with Crippen molar-refractivity contribution < 1.29 is 9.84 Å². The van der Waals surface area contributed by atoms with Crippen molar-refractivity contribution in [1.29, 1.82) is 0 Å². The summed E-state index contributed by atoms with van der Waals surface area (Å²) >= 11 is 0. The molecule has 186 valence electrons. The molecule has 0 amide bonds. The van der Waals surface area contributed by atoms with E-state index in [1.165, 1.54) is 58.4 Å². The SMILES string of the molecule is CC.CC.CN1CCCN(C2COC2)CC1.CN1CCCN(CC2(O)CCCC2)CC1. The van der Waals surface area contributed by atoms with Crippen LogP contribution >= 0.6 is 0 Å². The minimum absolute atomic E-state index is 0.358. The second-order valence-electron chi connectivity index (χ2n) is 9.25. The summed E-state index contributed by atoms with van der Waals surface area (Å²) in [7, 11) is 4.40. The van der Waals surface area contributed by atoms with Gasteiger partial charge in [0.05, 0.1) is 24.9 Å². The van der Waals surface area contributed by atoms with Crippen LogP contribution in [0.25, 0.3) is 0 Å². The van der Waals surface area contributed by atoms with E-state index in [1.54, 1.807) is 0 Å². The Morgan fingerprint density at radius 3 is 1.81 bits per heavy atom. The van der Waals surface area contributed by atoms with E-state index in [0.29, 0.717) is 0 Å². The van der Waals surface area contributed by atoms with Gasteiger partial charge in [-0.25, -0.2) is 0 Å². The predicted molar refractivity (Wildman–Crippen MR) is 133 cm³/mol. The van der Waals surface area contributed by atoms with Crippen molar-refractivity contribution in [2.75, 3.05) is 86.2 Å². The van der Waals surface area contributed by atoms with E-state index < -0.39 is 0 Å². The summed E-state index contributed by atoms with van der Waals surface area (Å²) < 4.78 is 5.20. The van der Waals surface area contributed by atoms with Gasteiger partial charge in [0, 0.05) is 32.7 Å². The largest absolute Gasteiger partial charge is 0.389 e. The van der Waals surface area contributed by atoms with Crippen LogP contribution in [0.1, 0.15) is 66.2 Å². The number of hydrogen-bond donors (Lipinski definition) is 1. The first-order valence-corrected chi connectivity index (χ1v) is 13.2. The van der Waals surface area contributed by atoms with Crippen LogP contribution in [-0.2, 0) is 4.74 Å². The second-order valence-corrected chi connectivity index (χ2v) is 9.25. The highest BCUT2D eigenvalue weighted by Crippen LogP contribution is 2.30. The Hall–Kier alpha value is -0.240. The van der Waals surface area contributed by atoms with E-state index in [4.69, 9.17) is 4.74 Å². The number of hydrogen-bond acceptors (Lipinski definition) is 6. The number of nitrogens with zero attached hydrogens (tertiary/aromatic N) is 4. The van der Waals surface area contributed by atoms with Gasteiger partial charge in [-0.05, 0) is 66.0 Å². The normalized spacial score (nSPS) is 26.0. The van der Waals surface area contributed by atoms with Gasteiger partial charge in [-0.1, -0.05) is 40.5 Å². The zero-order valence-electron chi connectivity index (χ0n) is 21.7. The Balaban J connectivity index is 0.000000272. The molecule has 0 bridgehead atoms. The summed E-state index contributed by atoms with van der Waals surface area (Å²) in [5.74, 6) is 0. The van der Waals surface area contributed by atoms with Crippen LogP contribution in [0, 0.1) is 0 Å². The Bertz CT molecular complexity index is 428. The van der Waals surface area contributed by atoms with Crippen molar-refractivity contribution in [3.8, 4) is 0 Å². The molecule has 4 fully saturated rings. The highest BCUT2D eigenvalue weighted by Gasteiger charge is 2.33. The van der Waals surface area contributed by atoms with Crippen molar-refractivity contribution in [3.63, 3.8) is 0 Å². The van der Waals surface area contributed by atoms with Gasteiger partial charge in [-0.2, -0.15) is 0 Å². The van der Waals surface area contributed by atoms with E-state index >= 15 is 0 Å². The zero-order chi connectivity index (χ0) is 23.1. The number of ether oxygens (including phenoxy) is 1. The van der Waals surface area contributed by atoms with Gasteiger partial charge in [0.25, 0.3) is 0 Å². The summed E-state index contributed by atoms with van der Waals surface area (Å²) in [5, 5.41) is 10.3. The molecular weight excluding hydrogens is 388 g/mol. The van der Waals surface area contributed by atoms with E-state index in [9.17, 15) is 5.11 Å². The molecule has 0 aromatic rings.